The van der Waals surface area contributed by atoms with Gasteiger partial charge in [0.1, 0.15) is 5.82 Å². The van der Waals surface area contributed by atoms with Crippen molar-refractivity contribution in [3.63, 3.8) is 0 Å². The summed E-state index contributed by atoms with van der Waals surface area (Å²) in [5, 5.41) is 3.36. The van der Waals surface area contributed by atoms with E-state index in [-0.39, 0.29) is 0 Å². The summed E-state index contributed by atoms with van der Waals surface area (Å²) in [4.78, 5) is 10.8. The Labute approximate surface area is 73.7 Å². The van der Waals surface area contributed by atoms with Crippen molar-refractivity contribution in [3.8, 4) is 0 Å². The van der Waals surface area contributed by atoms with Crippen molar-refractivity contribution < 1.29 is 0 Å². The Balaban J connectivity index is 2.68. The largest absolute Gasteiger partial charge is 0.253 e. The predicted octanol–water partition coefficient (Wildman–Crippen LogP) is 2.57. The maximum absolute atomic E-state index is 8.18. The van der Waals surface area contributed by atoms with Crippen LogP contribution in [-0.4, -0.2) is 9.97 Å². The van der Waals surface area contributed by atoms with Gasteiger partial charge in [0.05, 0.1) is 17.2 Å². The normalized spacial score (nSPS) is 9.54. The first-order valence-corrected chi connectivity index (χ1v) is 3.67. The number of benzene rings is 1. The molecule has 5 nitrogen and oxygen atoms in total. The van der Waals surface area contributed by atoms with Crippen LogP contribution in [0.4, 0.5) is 5.82 Å². The summed E-state index contributed by atoms with van der Waals surface area (Å²) in [5.41, 5.74) is 9.70. The van der Waals surface area contributed by atoms with E-state index in [1.54, 1.807) is 0 Å². The van der Waals surface area contributed by atoms with Crippen molar-refractivity contribution in [2.45, 2.75) is 0 Å². The summed E-state index contributed by atoms with van der Waals surface area (Å²) in [6.07, 6.45) is 1.45. The summed E-state index contributed by atoms with van der Waals surface area (Å²) in [5.74, 6) is 0.293. The molecule has 62 valence electrons. The first kappa shape index (κ1) is 7.52. The molecule has 0 aliphatic heterocycles. The Hall–Kier alpha value is -2.13. The van der Waals surface area contributed by atoms with Crippen LogP contribution >= 0.6 is 0 Å². The van der Waals surface area contributed by atoms with Crippen molar-refractivity contribution >= 4 is 16.9 Å². The predicted molar refractivity (Wildman–Crippen MR) is 48.3 cm³/mol. The summed E-state index contributed by atoms with van der Waals surface area (Å²) in [6, 6.07) is 7.40. The Morgan fingerprint density at radius 3 is 2.77 bits per heavy atom. The third kappa shape index (κ3) is 1.40. The Morgan fingerprint density at radius 1 is 1.23 bits per heavy atom. The summed E-state index contributed by atoms with van der Waals surface area (Å²) in [6.45, 7) is 0. The molecule has 5 heteroatoms. The summed E-state index contributed by atoms with van der Waals surface area (Å²) in [7, 11) is 0. The van der Waals surface area contributed by atoms with Crippen LogP contribution in [-0.2, 0) is 0 Å². The highest BCUT2D eigenvalue weighted by molar-refractivity contribution is 5.74. The molecular weight excluding hydrogens is 166 g/mol. The molecule has 1 aromatic carbocycles. The van der Waals surface area contributed by atoms with Crippen LogP contribution < -0.4 is 0 Å². The van der Waals surface area contributed by atoms with E-state index in [4.69, 9.17) is 5.53 Å². The third-order valence-electron chi connectivity index (χ3n) is 1.58. The standard InChI is InChI=1S/C8H5N5/c9-13-12-8-5-10-6-3-1-2-4-7(6)11-8/h1-5H. The summed E-state index contributed by atoms with van der Waals surface area (Å²) < 4.78 is 0. The fourth-order valence-electron chi connectivity index (χ4n) is 1.04. The molecule has 0 fully saturated rings. The van der Waals surface area contributed by atoms with Crippen LogP contribution in [0.15, 0.2) is 35.6 Å². The number of azide groups is 1. The van der Waals surface area contributed by atoms with E-state index >= 15 is 0 Å². The quantitative estimate of drug-likeness (QED) is 0.375. The number of aromatic nitrogens is 2. The number of nitrogens with zero attached hydrogens (tertiary/aromatic N) is 5. The van der Waals surface area contributed by atoms with Gasteiger partial charge in [0, 0.05) is 4.91 Å². The minimum Gasteiger partial charge on any atom is -0.253 e. The molecular formula is C8H5N5. The Kier molecular flexibility index (Phi) is 1.78. The molecule has 2 aromatic rings. The fraction of sp³-hybridized carbons (Fsp3) is 0. The van der Waals surface area contributed by atoms with E-state index in [2.05, 4.69) is 20.0 Å². The van der Waals surface area contributed by atoms with Gasteiger partial charge in [0.15, 0.2) is 0 Å². The van der Waals surface area contributed by atoms with Gasteiger partial charge in [-0.15, -0.1) is 0 Å². The van der Waals surface area contributed by atoms with Gasteiger partial charge in [-0.25, -0.2) is 4.98 Å². The maximum Gasteiger partial charge on any atom is 0.145 e. The van der Waals surface area contributed by atoms with E-state index in [9.17, 15) is 0 Å². The fourth-order valence-corrected chi connectivity index (χ4v) is 1.04. The highest BCUT2D eigenvalue weighted by Crippen LogP contribution is 2.13. The molecule has 0 aliphatic rings. The van der Waals surface area contributed by atoms with E-state index in [1.165, 1.54) is 6.20 Å². The number of rotatable bonds is 1. The first-order valence-electron chi connectivity index (χ1n) is 3.67. The van der Waals surface area contributed by atoms with Gasteiger partial charge in [-0.2, -0.15) is 0 Å². The molecule has 13 heavy (non-hydrogen) atoms. The lowest BCUT2D eigenvalue weighted by Crippen LogP contribution is -1.81. The maximum atomic E-state index is 8.18. The topological polar surface area (TPSA) is 74.5 Å². The molecule has 0 N–H and O–H groups in total. The van der Waals surface area contributed by atoms with Crippen molar-refractivity contribution in [2.75, 3.05) is 0 Å². The van der Waals surface area contributed by atoms with Gasteiger partial charge in [0.25, 0.3) is 0 Å². The first-order chi connectivity index (χ1) is 6.40. The average molecular weight is 171 g/mol. The van der Waals surface area contributed by atoms with Crippen molar-refractivity contribution in [3.05, 3.63) is 40.9 Å². The molecule has 0 aliphatic carbocycles. The number of hydrogen-bond donors (Lipinski definition) is 0. The monoisotopic (exact) mass is 171 g/mol. The molecule has 0 bridgehead atoms. The van der Waals surface area contributed by atoms with Gasteiger partial charge in [-0.3, -0.25) is 4.98 Å². The van der Waals surface area contributed by atoms with Crippen molar-refractivity contribution in [2.24, 2.45) is 5.11 Å². The lowest BCUT2D eigenvalue weighted by molar-refractivity contribution is 1.24. The van der Waals surface area contributed by atoms with Gasteiger partial charge in [-0.05, 0) is 22.8 Å². The second kappa shape index (κ2) is 3.08. The minimum atomic E-state index is 0.293. The second-order valence-corrected chi connectivity index (χ2v) is 2.41. The molecule has 1 heterocycles. The third-order valence-corrected chi connectivity index (χ3v) is 1.58. The molecule has 2 rings (SSSR count). The highest BCUT2D eigenvalue weighted by atomic mass is 15.2. The highest BCUT2D eigenvalue weighted by Gasteiger charge is 1.95. The molecule has 0 atom stereocenters. The van der Waals surface area contributed by atoms with Gasteiger partial charge < -0.3 is 0 Å². The molecule has 0 radical (unpaired) electrons. The molecule has 0 amide bonds. The molecule has 0 spiro atoms. The van der Waals surface area contributed by atoms with E-state index in [1.807, 2.05) is 24.3 Å². The molecule has 1 aromatic heterocycles. The van der Waals surface area contributed by atoms with Crippen molar-refractivity contribution in [1.82, 2.24) is 9.97 Å². The zero-order chi connectivity index (χ0) is 9.10. The molecule has 0 saturated heterocycles. The van der Waals surface area contributed by atoms with Crippen LogP contribution in [0.5, 0.6) is 0 Å². The Bertz CT molecular complexity index is 487. The number of hydrogen-bond acceptors (Lipinski definition) is 3. The number of fused-ring (bicyclic) bond motifs is 1. The van der Waals surface area contributed by atoms with Crippen LogP contribution in [0.2, 0.25) is 0 Å². The molecule has 0 unspecified atom stereocenters. The Morgan fingerprint density at radius 2 is 2.00 bits per heavy atom. The zero-order valence-corrected chi connectivity index (χ0v) is 6.62. The van der Waals surface area contributed by atoms with Gasteiger partial charge >= 0.3 is 0 Å². The lowest BCUT2D eigenvalue weighted by Gasteiger charge is -1.95. The smallest absolute Gasteiger partial charge is 0.145 e. The second-order valence-electron chi connectivity index (χ2n) is 2.41. The lowest BCUT2D eigenvalue weighted by atomic mass is 10.3. The zero-order valence-electron chi connectivity index (χ0n) is 6.62. The van der Waals surface area contributed by atoms with Crippen LogP contribution in [0.25, 0.3) is 21.5 Å². The van der Waals surface area contributed by atoms with Crippen LogP contribution in [0.3, 0.4) is 0 Å². The minimum absolute atomic E-state index is 0.293. The van der Waals surface area contributed by atoms with Crippen molar-refractivity contribution in [1.29, 1.82) is 0 Å². The van der Waals surface area contributed by atoms with E-state index in [0.717, 1.165) is 11.0 Å². The number of para-hydroxylation sites is 2. The van der Waals surface area contributed by atoms with E-state index in [0.29, 0.717) is 5.82 Å². The SMILES string of the molecule is [N-]=[N+]=Nc1cnc2ccccc2n1. The summed E-state index contributed by atoms with van der Waals surface area (Å²) >= 11 is 0. The average Bonchev–Trinajstić information content (AvgIpc) is 2.18. The van der Waals surface area contributed by atoms with Crippen LogP contribution in [0.1, 0.15) is 0 Å². The van der Waals surface area contributed by atoms with E-state index < -0.39 is 0 Å². The molecule has 0 saturated carbocycles. The van der Waals surface area contributed by atoms with Gasteiger partial charge in [-0.1, -0.05) is 12.1 Å². The van der Waals surface area contributed by atoms with Crippen LogP contribution in [0, 0.1) is 0 Å². The van der Waals surface area contributed by atoms with Gasteiger partial charge in [0.2, 0.25) is 0 Å².